The molecule has 2 aromatic heterocycles. The molecule has 11 nitrogen and oxygen atoms in total. The van der Waals surface area contributed by atoms with E-state index in [1.807, 2.05) is 0 Å². The van der Waals surface area contributed by atoms with Gasteiger partial charge in [-0.15, -0.1) is 11.3 Å². The number of aryl methyl sites for hydroxylation is 1. The molecule has 12 heteroatoms. The summed E-state index contributed by atoms with van der Waals surface area (Å²) >= 11 is 0.851. The van der Waals surface area contributed by atoms with Gasteiger partial charge in [0.05, 0.1) is 22.5 Å². The second kappa shape index (κ2) is 7.76. The van der Waals surface area contributed by atoms with Gasteiger partial charge >= 0.3 is 11.7 Å². The maximum Gasteiger partial charge on any atom is 0.341 e. The number of rotatable bonds is 6. The molecule has 0 fully saturated rings. The minimum atomic E-state index is -0.919. The lowest BCUT2D eigenvalue weighted by Gasteiger charge is -2.14. The maximum absolute atomic E-state index is 12.7. The molecule has 0 aliphatic rings. The van der Waals surface area contributed by atoms with Crippen LogP contribution < -0.4 is 11.1 Å². The lowest BCUT2D eigenvalue weighted by atomic mass is 10.1. The number of nitro groups is 1. The van der Waals surface area contributed by atoms with Crippen LogP contribution in [0.25, 0.3) is 0 Å². The van der Waals surface area contributed by atoms with Crippen LogP contribution in [-0.2, 0) is 9.53 Å². The second-order valence-electron chi connectivity index (χ2n) is 6.00. The molecule has 2 aromatic rings. The molecule has 2 heterocycles. The molecule has 28 heavy (non-hydrogen) atoms. The minimum absolute atomic E-state index is 0.0289. The van der Waals surface area contributed by atoms with Crippen LogP contribution >= 0.6 is 11.3 Å². The summed E-state index contributed by atoms with van der Waals surface area (Å²) in [5.41, 5.74) is 5.88. The Morgan fingerprint density at radius 2 is 1.93 bits per heavy atom. The first-order valence-electron chi connectivity index (χ1n) is 8.03. The smallest absolute Gasteiger partial charge is 0.341 e. The molecule has 1 unspecified atom stereocenters. The van der Waals surface area contributed by atoms with Crippen LogP contribution in [0.15, 0.2) is 0 Å². The summed E-state index contributed by atoms with van der Waals surface area (Å²) in [7, 11) is 1.17. The third-order valence-electron chi connectivity index (χ3n) is 4.21. The SMILES string of the molecule is COC(=O)c1c(NC(=O)C(C)n2nc(C)c([N+](=O)[O-])c2C)sc(C(N)=O)c1C. The zero-order valence-corrected chi connectivity index (χ0v) is 16.7. The number of nitrogens with one attached hydrogen (secondary N) is 1. The van der Waals surface area contributed by atoms with Gasteiger partial charge in [-0.3, -0.25) is 24.4 Å². The number of nitrogens with zero attached hydrogens (tertiary/aromatic N) is 3. The van der Waals surface area contributed by atoms with E-state index in [4.69, 9.17) is 10.5 Å². The van der Waals surface area contributed by atoms with Crippen molar-refractivity contribution in [2.75, 3.05) is 12.4 Å². The number of methoxy groups -OCH3 is 1. The predicted octanol–water partition coefficient (Wildman–Crippen LogP) is 1.86. The van der Waals surface area contributed by atoms with E-state index in [0.29, 0.717) is 5.56 Å². The molecule has 0 spiro atoms. The van der Waals surface area contributed by atoms with Crippen LogP contribution in [0, 0.1) is 30.9 Å². The quantitative estimate of drug-likeness (QED) is 0.418. The molecule has 0 aliphatic heterocycles. The van der Waals surface area contributed by atoms with E-state index >= 15 is 0 Å². The van der Waals surface area contributed by atoms with Gasteiger partial charge in [0.2, 0.25) is 5.91 Å². The van der Waals surface area contributed by atoms with E-state index < -0.39 is 28.7 Å². The predicted molar refractivity (Wildman–Crippen MR) is 101 cm³/mol. The number of anilines is 1. The highest BCUT2D eigenvalue weighted by Gasteiger charge is 2.30. The van der Waals surface area contributed by atoms with E-state index in [9.17, 15) is 24.5 Å². The summed E-state index contributed by atoms with van der Waals surface area (Å²) in [4.78, 5) is 47.1. The number of amides is 2. The van der Waals surface area contributed by atoms with E-state index in [-0.39, 0.29) is 32.5 Å². The van der Waals surface area contributed by atoms with Crippen molar-refractivity contribution in [2.24, 2.45) is 5.73 Å². The number of ether oxygens (including phenoxy) is 1. The Kier molecular flexibility index (Phi) is 5.83. The molecule has 2 rings (SSSR count). The molecule has 0 aliphatic carbocycles. The number of esters is 1. The molecule has 2 amide bonds. The molecule has 0 saturated carbocycles. The maximum atomic E-state index is 12.7. The van der Waals surface area contributed by atoms with Crippen LogP contribution in [-0.4, -0.2) is 39.6 Å². The molecular weight excluding hydrogens is 390 g/mol. The van der Waals surface area contributed by atoms with Gasteiger partial charge in [0.15, 0.2) is 0 Å². The van der Waals surface area contributed by atoms with Gasteiger partial charge in [-0.2, -0.15) is 5.10 Å². The van der Waals surface area contributed by atoms with Crippen LogP contribution in [0.4, 0.5) is 10.7 Å². The molecule has 3 N–H and O–H groups in total. The zero-order chi connectivity index (χ0) is 21.3. The van der Waals surface area contributed by atoms with Crippen LogP contribution in [0.1, 0.15) is 49.9 Å². The highest BCUT2D eigenvalue weighted by molar-refractivity contribution is 7.18. The Morgan fingerprint density at radius 3 is 2.39 bits per heavy atom. The van der Waals surface area contributed by atoms with Gasteiger partial charge < -0.3 is 15.8 Å². The van der Waals surface area contributed by atoms with Gasteiger partial charge in [0.1, 0.15) is 22.4 Å². The fourth-order valence-corrected chi connectivity index (χ4v) is 3.86. The van der Waals surface area contributed by atoms with Gasteiger partial charge in [-0.25, -0.2) is 4.79 Å². The fourth-order valence-electron chi connectivity index (χ4n) is 2.81. The van der Waals surface area contributed by atoms with Crippen molar-refractivity contribution in [1.82, 2.24) is 9.78 Å². The van der Waals surface area contributed by atoms with Crippen molar-refractivity contribution in [3.05, 3.63) is 37.5 Å². The number of nitrogens with two attached hydrogens (primary N) is 1. The molecule has 1 atom stereocenters. The Balaban J connectivity index is 2.41. The Morgan fingerprint density at radius 1 is 1.32 bits per heavy atom. The lowest BCUT2D eigenvalue weighted by molar-refractivity contribution is -0.386. The Labute approximate surface area is 163 Å². The monoisotopic (exact) mass is 409 g/mol. The molecule has 0 bridgehead atoms. The topological polar surface area (TPSA) is 159 Å². The highest BCUT2D eigenvalue weighted by Crippen LogP contribution is 2.34. The number of primary amides is 1. The lowest BCUT2D eigenvalue weighted by Crippen LogP contribution is -2.25. The van der Waals surface area contributed by atoms with Crippen LogP contribution in [0.2, 0.25) is 0 Å². The van der Waals surface area contributed by atoms with Crippen molar-refractivity contribution in [2.45, 2.75) is 33.7 Å². The van der Waals surface area contributed by atoms with E-state index in [0.717, 1.165) is 11.3 Å². The first-order chi connectivity index (χ1) is 13.0. The van der Waals surface area contributed by atoms with E-state index in [1.54, 1.807) is 0 Å². The Bertz CT molecular complexity index is 992. The third-order valence-corrected chi connectivity index (χ3v) is 5.43. The van der Waals surface area contributed by atoms with Crippen molar-refractivity contribution in [3.63, 3.8) is 0 Å². The van der Waals surface area contributed by atoms with Gasteiger partial charge in [0, 0.05) is 0 Å². The molecule has 0 aromatic carbocycles. The average molecular weight is 409 g/mol. The number of thiophene rings is 1. The summed E-state index contributed by atoms with van der Waals surface area (Å²) < 4.78 is 5.95. The van der Waals surface area contributed by atoms with Gasteiger partial charge in [-0.05, 0) is 33.3 Å². The van der Waals surface area contributed by atoms with Crippen molar-refractivity contribution < 1.29 is 24.0 Å². The average Bonchev–Trinajstić information content (AvgIpc) is 3.09. The number of carbonyl (C=O) groups is 3. The fraction of sp³-hybridized carbons (Fsp3) is 0.375. The van der Waals surface area contributed by atoms with Crippen molar-refractivity contribution in [1.29, 1.82) is 0 Å². The number of aromatic nitrogens is 2. The summed E-state index contributed by atoms with van der Waals surface area (Å²) in [6.45, 7) is 5.99. The standard InChI is InChI=1S/C16H19N5O6S/c1-6-10(16(24)27-5)15(28-12(6)13(17)22)18-14(23)9(4)20-8(3)11(21(25)26)7(2)19-20/h9H,1-5H3,(H2,17,22)(H,18,23). The normalized spacial score (nSPS) is 11.8. The Hall–Kier alpha value is -3.28. The highest BCUT2D eigenvalue weighted by atomic mass is 32.1. The number of carbonyl (C=O) groups excluding carboxylic acids is 3. The minimum Gasteiger partial charge on any atom is -0.465 e. The summed E-state index contributed by atoms with van der Waals surface area (Å²) in [5.74, 6) is -2.05. The van der Waals surface area contributed by atoms with Gasteiger partial charge in [-0.1, -0.05) is 0 Å². The zero-order valence-electron chi connectivity index (χ0n) is 15.9. The first-order valence-corrected chi connectivity index (χ1v) is 8.85. The number of hydrogen-bond donors (Lipinski definition) is 2. The van der Waals surface area contributed by atoms with Gasteiger partial charge in [0.25, 0.3) is 5.91 Å². The summed E-state index contributed by atoms with van der Waals surface area (Å²) in [6.07, 6.45) is 0. The summed E-state index contributed by atoms with van der Waals surface area (Å²) in [6, 6.07) is -0.919. The first kappa shape index (κ1) is 21.0. The van der Waals surface area contributed by atoms with Crippen LogP contribution in [0.5, 0.6) is 0 Å². The number of hydrogen-bond acceptors (Lipinski definition) is 8. The van der Waals surface area contributed by atoms with E-state index in [1.165, 1.54) is 39.5 Å². The molecular formula is C16H19N5O6S. The van der Waals surface area contributed by atoms with Crippen molar-refractivity contribution in [3.8, 4) is 0 Å². The van der Waals surface area contributed by atoms with Crippen LogP contribution in [0.3, 0.4) is 0 Å². The summed E-state index contributed by atoms with van der Waals surface area (Å²) in [5, 5.41) is 17.9. The van der Waals surface area contributed by atoms with E-state index in [2.05, 4.69) is 10.4 Å². The molecule has 0 radical (unpaired) electrons. The third kappa shape index (κ3) is 3.58. The van der Waals surface area contributed by atoms with Crippen molar-refractivity contribution >= 4 is 39.8 Å². The molecule has 0 saturated heterocycles. The second-order valence-corrected chi connectivity index (χ2v) is 7.02. The molecule has 150 valence electrons. The largest absolute Gasteiger partial charge is 0.465 e.